The monoisotopic (exact) mass is 297 g/mol. The highest BCUT2D eigenvalue weighted by Gasteiger charge is 2.16. The van der Waals surface area contributed by atoms with E-state index in [-0.39, 0.29) is 11.2 Å². The first-order valence-corrected chi connectivity index (χ1v) is 7.27. The summed E-state index contributed by atoms with van der Waals surface area (Å²) < 4.78 is 0. The highest BCUT2D eigenvalue weighted by molar-refractivity contribution is 6.28. The summed E-state index contributed by atoms with van der Waals surface area (Å²) in [6.45, 7) is 4.01. The average molecular weight is 298 g/mol. The number of hydrogen-bond acceptors (Lipinski definition) is 5. The van der Waals surface area contributed by atoms with Crippen LogP contribution in [0.1, 0.15) is 31.4 Å². The second-order valence-electron chi connectivity index (χ2n) is 4.96. The zero-order valence-corrected chi connectivity index (χ0v) is 12.4. The third kappa shape index (κ3) is 3.72. The van der Waals surface area contributed by atoms with Crippen LogP contribution in [0.4, 0.5) is 11.5 Å². The molecule has 1 saturated heterocycles. The third-order valence-electron chi connectivity index (χ3n) is 3.45. The highest BCUT2D eigenvalue weighted by atomic mass is 35.5. The van der Waals surface area contributed by atoms with Gasteiger partial charge in [-0.05, 0) is 37.8 Å². The molecule has 2 rings (SSSR count). The molecule has 1 aliphatic rings. The maximum absolute atomic E-state index is 12.0. The zero-order chi connectivity index (χ0) is 14.5. The normalized spacial score (nSPS) is 15.2. The molecule has 0 saturated carbocycles. The van der Waals surface area contributed by atoms with Crippen molar-refractivity contribution in [1.29, 1.82) is 0 Å². The fourth-order valence-corrected chi connectivity index (χ4v) is 2.48. The summed E-state index contributed by atoms with van der Waals surface area (Å²) in [4.78, 5) is 21.9. The summed E-state index contributed by atoms with van der Waals surface area (Å²) in [6.07, 6.45) is 3.86. The highest BCUT2D eigenvalue weighted by Crippen LogP contribution is 2.20. The van der Waals surface area contributed by atoms with E-state index in [1.807, 2.05) is 4.90 Å². The number of anilines is 2. The van der Waals surface area contributed by atoms with Gasteiger partial charge in [-0.2, -0.15) is 4.98 Å². The van der Waals surface area contributed by atoms with Gasteiger partial charge >= 0.3 is 0 Å². The zero-order valence-electron chi connectivity index (χ0n) is 11.7. The summed E-state index contributed by atoms with van der Waals surface area (Å²) in [5, 5.41) is 3.21. The lowest BCUT2D eigenvalue weighted by atomic mass is 10.1. The molecular formula is C13H20ClN5O. The van der Waals surface area contributed by atoms with Crippen molar-refractivity contribution in [2.45, 2.75) is 32.6 Å². The number of piperidine rings is 1. The second-order valence-corrected chi connectivity index (χ2v) is 5.30. The molecule has 7 heteroatoms. The van der Waals surface area contributed by atoms with Crippen LogP contribution in [0.15, 0.2) is 0 Å². The molecule has 0 aliphatic carbocycles. The van der Waals surface area contributed by atoms with Crippen LogP contribution in [0.5, 0.6) is 0 Å². The summed E-state index contributed by atoms with van der Waals surface area (Å²) in [6, 6.07) is 0. The van der Waals surface area contributed by atoms with E-state index in [0.29, 0.717) is 30.2 Å². The largest absolute Gasteiger partial charge is 0.394 e. The molecular weight excluding hydrogens is 278 g/mol. The van der Waals surface area contributed by atoms with Crippen LogP contribution < -0.4 is 11.1 Å². The molecule has 1 amide bonds. The fraction of sp³-hybridized carbons (Fsp3) is 0.615. The van der Waals surface area contributed by atoms with E-state index >= 15 is 0 Å². The third-order valence-corrected chi connectivity index (χ3v) is 3.62. The van der Waals surface area contributed by atoms with E-state index in [9.17, 15) is 4.79 Å². The number of aryl methyl sites for hydroxylation is 1. The van der Waals surface area contributed by atoms with Crippen molar-refractivity contribution in [1.82, 2.24) is 14.9 Å². The van der Waals surface area contributed by atoms with Gasteiger partial charge in [0.25, 0.3) is 0 Å². The number of amides is 1. The van der Waals surface area contributed by atoms with Gasteiger partial charge in [0, 0.05) is 26.1 Å². The van der Waals surface area contributed by atoms with Gasteiger partial charge in [0.05, 0.1) is 11.4 Å². The van der Waals surface area contributed by atoms with Crippen LogP contribution in [-0.4, -0.2) is 40.4 Å². The molecule has 20 heavy (non-hydrogen) atoms. The molecule has 0 unspecified atom stereocenters. The molecule has 0 spiro atoms. The van der Waals surface area contributed by atoms with E-state index in [0.717, 1.165) is 25.9 Å². The lowest BCUT2D eigenvalue weighted by molar-refractivity contribution is -0.131. The topological polar surface area (TPSA) is 84.1 Å². The number of hydrogen-bond donors (Lipinski definition) is 2. The van der Waals surface area contributed by atoms with Crippen molar-refractivity contribution < 1.29 is 4.79 Å². The predicted molar refractivity (Wildman–Crippen MR) is 79.7 cm³/mol. The average Bonchev–Trinajstić information content (AvgIpc) is 2.44. The van der Waals surface area contributed by atoms with Crippen LogP contribution in [-0.2, 0) is 4.79 Å². The number of nitrogens with two attached hydrogens (primary N) is 1. The number of carbonyl (C=O) groups excluding carboxylic acids is 1. The summed E-state index contributed by atoms with van der Waals surface area (Å²) in [5.74, 6) is 0.668. The van der Waals surface area contributed by atoms with Gasteiger partial charge in [0.15, 0.2) is 5.82 Å². The maximum Gasteiger partial charge on any atom is 0.224 e. The van der Waals surface area contributed by atoms with Crippen LogP contribution in [0.25, 0.3) is 0 Å². The summed E-state index contributed by atoms with van der Waals surface area (Å²) in [5.41, 5.74) is 6.98. The van der Waals surface area contributed by atoms with E-state index in [4.69, 9.17) is 17.3 Å². The number of halogens is 1. The van der Waals surface area contributed by atoms with Crippen LogP contribution in [0, 0.1) is 6.92 Å². The quantitative estimate of drug-likeness (QED) is 0.828. The van der Waals surface area contributed by atoms with Crippen molar-refractivity contribution in [2.24, 2.45) is 0 Å². The van der Waals surface area contributed by atoms with E-state index in [2.05, 4.69) is 15.3 Å². The summed E-state index contributed by atoms with van der Waals surface area (Å²) in [7, 11) is 0. The van der Waals surface area contributed by atoms with Crippen molar-refractivity contribution in [2.75, 3.05) is 30.7 Å². The lowest BCUT2D eigenvalue weighted by Crippen LogP contribution is -2.36. The predicted octanol–water partition coefficient (Wildman–Crippen LogP) is 1.84. The number of nitrogens with one attached hydrogen (secondary N) is 1. The Bertz CT molecular complexity index is 488. The molecule has 1 fully saturated rings. The van der Waals surface area contributed by atoms with Gasteiger partial charge in [0.1, 0.15) is 0 Å². The van der Waals surface area contributed by atoms with Crippen LogP contribution >= 0.6 is 11.6 Å². The molecule has 0 radical (unpaired) electrons. The maximum atomic E-state index is 12.0. The Hall–Kier alpha value is -1.56. The van der Waals surface area contributed by atoms with Crippen molar-refractivity contribution in [3.63, 3.8) is 0 Å². The number of nitrogen functional groups attached to an aromatic ring is 1. The fourth-order valence-electron chi connectivity index (χ4n) is 2.27. The van der Waals surface area contributed by atoms with Crippen molar-refractivity contribution >= 4 is 29.0 Å². The molecule has 0 aromatic carbocycles. The molecule has 1 aromatic heterocycles. The van der Waals surface area contributed by atoms with Crippen LogP contribution in [0.3, 0.4) is 0 Å². The van der Waals surface area contributed by atoms with Crippen molar-refractivity contribution in [3.8, 4) is 0 Å². The number of carbonyl (C=O) groups is 1. The molecule has 3 N–H and O–H groups in total. The summed E-state index contributed by atoms with van der Waals surface area (Å²) >= 11 is 5.79. The minimum atomic E-state index is 0.154. The van der Waals surface area contributed by atoms with E-state index < -0.39 is 0 Å². The Labute approximate surface area is 123 Å². The molecule has 0 atom stereocenters. The number of aromatic nitrogens is 2. The standard InChI is InChI=1S/C13H20ClN5O/c1-9-11(15)12(18-13(14)17-9)16-6-5-10(20)19-7-3-2-4-8-19/h2-8,15H2,1H3,(H,16,17,18). The van der Waals surface area contributed by atoms with Gasteiger partial charge in [-0.25, -0.2) is 4.98 Å². The molecule has 6 nitrogen and oxygen atoms in total. The Morgan fingerprint density at radius 3 is 2.75 bits per heavy atom. The Kier molecular flexibility index (Phi) is 5.00. The number of rotatable bonds is 4. The first-order valence-electron chi connectivity index (χ1n) is 6.89. The van der Waals surface area contributed by atoms with Gasteiger partial charge in [0.2, 0.25) is 11.2 Å². The molecule has 2 heterocycles. The molecule has 1 aromatic rings. The first-order chi connectivity index (χ1) is 9.58. The lowest BCUT2D eigenvalue weighted by Gasteiger charge is -2.26. The smallest absolute Gasteiger partial charge is 0.224 e. The number of nitrogens with zero attached hydrogens (tertiary/aromatic N) is 3. The minimum absolute atomic E-state index is 0.154. The van der Waals surface area contributed by atoms with E-state index in [1.165, 1.54) is 6.42 Å². The first kappa shape index (κ1) is 14.8. The Balaban J connectivity index is 1.85. The van der Waals surface area contributed by atoms with Gasteiger partial charge in [-0.15, -0.1) is 0 Å². The van der Waals surface area contributed by atoms with Crippen molar-refractivity contribution in [3.05, 3.63) is 11.0 Å². The SMILES string of the molecule is Cc1nc(Cl)nc(NCCC(=O)N2CCCCC2)c1N. The van der Waals surface area contributed by atoms with E-state index in [1.54, 1.807) is 6.92 Å². The van der Waals surface area contributed by atoms with Gasteiger partial charge in [-0.3, -0.25) is 4.79 Å². The minimum Gasteiger partial charge on any atom is -0.394 e. The molecule has 110 valence electrons. The Morgan fingerprint density at radius 1 is 1.35 bits per heavy atom. The van der Waals surface area contributed by atoms with Gasteiger partial charge < -0.3 is 16.0 Å². The number of likely N-dealkylation sites (tertiary alicyclic amines) is 1. The van der Waals surface area contributed by atoms with Crippen LogP contribution in [0.2, 0.25) is 5.28 Å². The molecule has 1 aliphatic heterocycles. The van der Waals surface area contributed by atoms with Gasteiger partial charge in [-0.1, -0.05) is 0 Å². The second kappa shape index (κ2) is 6.74. The Morgan fingerprint density at radius 2 is 2.05 bits per heavy atom. The molecule has 0 bridgehead atoms.